The van der Waals surface area contributed by atoms with Crippen molar-refractivity contribution >= 4 is 0 Å². The summed E-state index contributed by atoms with van der Waals surface area (Å²) in [7, 11) is 0. The molecule has 0 saturated carbocycles. The second-order valence-electron chi connectivity index (χ2n) is 5.06. The van der Waals surface area contributed by atoms with Gasteiger partial charge in [0.15, 0.2) is 0 Å². The van der Waals surface area contributed by atoms with Crippen molar-refractivity contribution in [3.63, 3.8) is 0 Å². The van der Waals surface area contributed by atoms with Crippen molar-refractivity contribution in [1.82, 2.24) is 0 Å². The van der Waals surface area contributed by atoms with Gasteiger partial charge in [-0.25, -0.2) is 0 Å². The Morgan fingerprint density at radius 2 is 1.62 bits per heavy atom. The predicted molar refractivity (Wildman–Crippen MR) is 69.7 cm³/mol. The number of rotatable bonds is 4. The average Bonchev–Trinajstić information content (AvgIpc) is 2.23. The van der Waals surface area contributed by atoms with E-state index in [1.807, 2.05) is 0 Å². The Bertz CT molecular complexity index is 355. The maximum Gasteiger partial charge on any atom is 0.0795 e. The lowest BCUT2D eigenvalue weighted by Gasteiger charge is -2.18. The van der Waals surface area contributed by atoms with Crippen LogP contribution in [-0.2, 0) is 0 Å². The minimum atomic E-state index is -0.311. The number of benzene rings is 1. The molecule has 2 atom stereocenters. The second kappa shape index (κ2) is 5.49. The van der Waals surface area contributed by atoms with Gasteiger partial charge < -0.3 is 5.11 Å². The van der Waals surface area contributed by atoms with E-state index in [0.29, 0.717) is 5.92 Å². The Labute approximate surface area is 99.5 Å². The average molecular weight is 220 g/mol. The maximum atomic E-state index is 10.2. The highest BCUT2D eigenvalue weighted by molar-refractivity contribution is 5.37. The molecule has 1 aromatic rings. The third-order valence-electron chi connectivity index (χ3n) is 3.56. The Balaban J connectivity index is 2.91. The van der Waals surface area contributed by atoms with Gasteiger partial charge in [0.05, 0.1) is 6.10 Å². The van der Waals surface area contributed by atoms with Gasteiger partial charge >= 0.3 is 0 Å². The monoisotopic (exact) mass is 220 g/mol. The molecule has 0 aliphatic carbocycles. The molecule has 2 unspecified atom stereocenters. The normalized spacial score (nSPS) is 14.9. The molecular weight excluding hydrogens is 196 g/mol. The summed E-state index contributed by atoms with van der Waals surface area (Å²) in [6.45, 7) is 10.7. The SMILES string of the molecule is CCC(C)CC(O)c1cc(C)c(C)cc1C. The van der Waals surface area contributed by atoms with Gasteiger partial charge in [0.25, 0.3) is 0 Å². The highest BCUT2D eigenvalue weighted by Crippen LogP contribution is 2.27. The zero-order valence-corrected chi connectivity index (χ0v) is 11.2. The molecular formula is C15H24O. The van der Waals surface area contributed by atoms with E-state index >= 15 is 0 Å². The van der Waals surface area contributed by atoms with Crippen LogP contribution in [0.3, 0.4) is 0 Å². The number of aliphatic hydroxyl groups excluding tert-OH is 1. The molecule has 0 aliphatic heterocycles. The van der Waals surface area contributed by atoms with Crippen LogP contribution in [0.15, 0.2) is 12.1 Å². The molecule has 90 valence electrons. The number of hydrogen-bond donors (Lipinski definition) is 1. The van der Waals surface area contributed by atoms with Gasteiger partial charge in [-0.2, -0.15) is 0 Å². The van der Waals surface area contributed by atoms with Gasteiger partial charge in [0, 0.05) is 0 Å². The molecule has 0 amide bonds. The Morgan fingerprint density at radius 3 is 2.19 bits per heavy atom. The summed E-state index contributed by atoms with van der Waals surface area (Å²) in [6, 6.07) is 4.31. The van der Waals surface area contributed by atoms with Gasteiger partial charge in [0.1, 0.15) is 0 Å². The summed E-state index contributed by atoms with van der Waals surface area (Å²) in [5.74, 6) is 0.580. The van der Waals surface area contributed by atoms with E-state index in [4.69, 9.17) is 0 Å². The summed E-state index contributed by atoms with van der Waals surface area (Å²) in [5, 5.41) is 10.2. The van der Waals surface area contributed by atoms with Crippen LogP contribution < -0.4 is 0 Å². The fraction of sp³-hybridized carbons (Fsp3) is 0.600. The fourth-order valence-electron chi connectivity index (χ4n) is 2.02. The summed E-state index contributed by atoms with van der Waals surface area (Å²) in [6.07, 6.45) is 1.68. The summed E-state index contributed by atoms with van der Waals surface area (Å²) < 4.78 is 0. The largest absolute Gasteiger partial charge is 0.388 e. The minimum Gasteiger partial charge on any atom is -0.388 e. The fourth-order valence-corrected chi connectivity index (χ4v) is 2.02. The molecule has 0 saturated heterocycles. The van der Waals surface area contributed by atoms with E-state index < -0.39 is 0 Å². The third-order valence-corrected chi connectivity index (χ3v) is 3.56. The molecule has 16 heavy (non-hydrogen) atoms. The van der Waals surface area contributed by atoms with Crippen LogP contribution in [0.4, 0.5) is 0 Å². The third kappa shape index (κ3) is 3.08. The van der Waals surface area contributed by atoms with Gasteiger partial charge in [-0.1, -0.05) is 32.4 Å². The highest BCUT2D eigenvalue weighted by Gasteiger charge is 2.14. The van der Waals surface area contributed by atoms with Crippen molar-refractivity contribution in [3.05, 3.63) is 34.4 Å². The number of aryl methyl sites for hydroxylation is 3. The van der Waals surface area contributed by atoms with Crippen LogP contribution in [0.25, 0.3) is 0 Å². The van der Waals surface area contributed by atoms with Crippen LogP contribution in [0.5, 0.6) is 0 Å². The first-order valence-corrected chi connectivity index (χ1v) is 6.21. The topological polar surface area (TPSA) is 20.2 Å². The highest BCUT2D eigenvalue weighted by atomic mass is 16.3. The zero-order chi connectivity index (χ0) is 12.3. The van der Waals surface area contributed by atoms with Crippen molar-refractivity contribution in [2.24, 2.45) is 5.92 Å². The van der Waals surface area contributed by atoms with Crippen LogP contribution in [0, 0.1) is 26.7 Å². The van der Waals surface area contributed by atoms with Crippen molar-refractivity contribution in [1.29, 1.82) is 0 Å². The van der Waals surface area contributed by atoms with Crippen LogP contribution in [0.1, 0.15) is 55.0 Å². The molecule has 0 aromatic heterocycles. The molecule has 0 bridgehead atoms. The first-order valence-electron chi connectivity index (χ1n) is 6.21. The molecule has 0 fully saturated rings. The smallest absolute Gasteiger partial charge is 0.0795 e. The molecule has 0 aliphatic rings. The van der Waals surface area contributed by atoms with E-state index in [1.54, 1.807) is 0 Å². The molecule has 0 spiro atoms. The molecule has 0 heterocycles. The van der Waals surface area contributed by atoms with Crippen molar-refractivity contribution in [2.75, 3.05) is 0 Å². The summed E-state index contributed by atoms with van der Waals surface area (Å²) in [4.78, 5) is 0. The predicted octanol–water partition coefficient (Wildman–Crippen LogP) is 4.08. The molecule has 1 heteroatoms. The molecule has 1 N–H and O–H groups in total. The van der Waals surface area contributed by atoms with Crippen LogP contribution in [-0.4, -0.2) is 5.11 Å². The van der Waals surface area contributed by atoms with Gasteiger partial charge in [-0.3, -0.25) is 0 Å². The maximum absolute atomic E-state index is 10.2. The lowest BCUT2D eigenvalue weighted by molar-refractivity contribution is 0.146. The van der Waals surface area contributed by atoms with Crippen LogP contribution >= 0.6 is 0 Å². The summed E-state index contributed by atoms with van der Waals surface area (Å²) >= 11 is 0. The zero-order valence-electron chi connectivity index (χ0n) is 11.2. The number of hydrogen-bond acceptors (Lipinski definition) is 1. The molecule has 1 nitrogen and oxygen atoms in total. The van der Waals surface area contributed by atoms with E-state index in [1.165, 1.54) is 16.7 Å². The Hall–Kier alpha value is -0.820. The summed E-state index contributed by atoms with van der Waals surface area (Å²) in [5.41, 5.74) is 4.88. The van der Waals surface area contributed by atoms with Gasteiger partial charge in [-0.15, -0.1) is 0 Å². The first kappa shape index (κ1) is 13.2. The quantitative estimate of drug-likeness (QED) is 0.810. The second-order valence-corrected chi connectivity index (χ2v) is 5.06. The van der Waals surface area contributed by atoms with Crippen molar-refractivity contribution in [3.8, 4) is 0 Å². The minimum absolute atomic E-state index is 0.311. The van der Waals surface area contributed by atoms with Gasteiger partial charge in [0.2, 0.25) is 0 Å². The lowest BCUT2D eigenvalue weighted by atomic mass is 9.91. The first-order chi connectivity index (χ1) is 7.45. The van der Waals surface area contributed by atoms with Crippen molar-refractivity contribution in [2.45, 2.75) is 53.6 Å². The van der Waals surface area contributed by atoms with E-state index in [9.17, 15) is 5.11 Å². The van der Waals surface area contributed by atoms with E-state index in [0.717, 1.165) is 18.4 Å². The van der Waals surface area contributed by atoms with Crippen LogP contribution in [0.2, 0.25) is 0 Å². The molecule has 1 aromatic carbocycles. The van der Waals surface area contributed by atoms with E-state index in [2.05, 4.69) is 46.8 Å². The Kier molecular flexibility index (Phi) is 4.55. The Morgan fingerprint density at radius 1 is 1.06 bits per heavy atom. The van der Waals surface area contributed by atoms with Gasteiger partial charge in [-0.05, 0) is 55.4 Å². The van der Waals surface area contributed by atoms with E-state index in [-0.39, 0.29) is 6.10 Å². The standard InChI is InChI=1S/C15H24O/c1-6-10(2)7-15(16)14-9-12(4)11(3)8-13(14)5/h8-10,15-16H,6-7H2,1-5H3. The molecule has 1 rings (SSSR count). The number of aliphatic hydroxyl groups is 1. The molecule has 0 radical (unpaired) electrons. The lowest BCUT2D eigenvalue weighted by Crippen LogP contribution is -2.06. The van der Waals surface area contributed by atoms with Crippen molar-refractivity contribution < 1.29 is 5.11 Å².